The van der Waals surface area contributed by atoms with E-state index in [1.165, 1.54) is 0 Å². The number of rotatable bonds is 4. The highest BCUT2D eigenvalue weighted by Crippen LogP contribution is 2.42. The second-order valence-corrected chi connectivity index (χ2v) is 9.42. The van der Waals surface area contributed by atoms with E-state index in [-0.39, 0.29) is 11.3 Å². The molecule has 174 valence electrons. The van der Waals surface area contributed by atoms with Crippen LogP contribution in [0.25, 0.3) is 11.0 Å². The molecule has 0 aliphatic carbocycles. The summed E-state index contributed by atoms with van der Waals surface area (Å²) in [6, 6.07) is 14.0. The number of nitrogens with one attached hydrogen (secondary N) is 1. The SMILES string of the molecule is O=C1N(Cc2cccc(N3C=CCN3)n2)CCCC12CCN(c1cnc3ccccc3n1)CC2. The van der Waals surface area contributed by atoms with Crippen LogP contribution in [0.4, 0.5) is 11.6 Å². The molecular weight excluding hydrogens is 426 g/mol. The van der Waals surface area contributed by atoms with E-state index in [9.17, 15) is 4.79 Å². The number of pyridine rings is 1. The lowest BCUT2D eigenvalue weighted by Crippen LogP contribution is -2.53. The number of carbonyl (C=O) groups is 1. The first kappa shape index (κ1) is 21.0. The Hall–Kier alpha value is -3.52. The van der Waals surface area contributed by atoms with Gasteiger partial charge in [-0.05, 0) is 49.9 Å². The molecule has 3 aliphatic heterocycles. The van der Waals surface area contributed by atoms with E-state index >= 15 is 0 Å². The van der Waals surface area contributed by atoms with Crippen LogP contribution in [0.15, 0.2) is 60.9 Å². The molecule has 3 aliphatic rings. The monoisotopic (exact) mass is 455 g/mol. The van der Waals surface area contributed by atoms with Gasteiger partial charge in [0.2, 0.25) is 5.91 Å². The van der Waals surface area contributed by atoms with Gasteiger partial charge >= 0.3 is 0 Å². The van der Waals surface area contributed by atoms with Crippen molar-refractivity contribution in [2.45, 2.75) is 32.2 Å². The van der Waals surface area contributed by atoms with Gasteiger partial charge in [-0.3, -0.25) is 14.8 Å². The maximum Gasteiger partial charge on any atom is 0.229 e. The van der Waals surface area contributed by atoms with E-state index in [1.54, 1.807) is 0 Å². The largest absolute Gasteiger partial charge is 0.355 e. The lowest BCUT2D eigenvalue weighted by Gasteiger charge is -2.46. The number of benzene rings is 1. The number of hydrazine groups is 1. The lowest BCUT2D eigenvalue weighted by molar-refractivity contribution is -0.148. The summed E-state index contributed by atoms with van der Waals surface area (Å²) in [4.78, 5) is 32.2. The average molecular weight is 456 g/mol. The first-order valence-electron chi connectivity index (χ1n) is 12.1. The predicted molar refractivity (Wildman–Crippen MR) is 132 cm³/mol. The lowest BCUT2D eigenvalue weighted by atomic mass is 9.71. The minimum atomic E-state index is -0.268. The maximum atomic E-state index is 13.7. The third kappa shape index (κ3) is 3.88. The zero-order chi connectivity index (χ0) is 23.0. The number of likely N-dealkylation sites (tertiary alicyclic amines) is 1. The van der Waals surface area contributed by atoms with Crippen LogP contribution >= 0.6 is 0 Å². The fourth-order valence-corrected chi connectivity index (χ4v) is 5.43. The van der Waals surface area contributed by atoms with E-state index in [0.29, 0.717) is 6.54 Å². The van der Waals surface area contributed by atoms with Crippen molar-refractivity contribution in [3.8, 4) is 0 Å². The summed E-state index contributed by atoms with van der Waals surface area (Å²) in [6.45, 7) is 3.82. The molecule has 34 heavy (non-hydrogen) atoms. The molecule has 1 amide bonds. The highest BCUT2D eigenvalue weighted by Gasteiger charge is 2.45. The molecule has 0 radical (unpaired) electrons. The fraction of sp³-hybridized carbons (Fsp3) is 0.385. The third-order valence-electron chi connectivity index (χ3n) is 7.33. The molecule has 0 unspecified atom stereocenters. The van der Waals surface area contributed by atoms with Crippen molar-refractivity contribution >= 4 is 28.6 Å². The molecule has 0 atom stereocenters. The van der Waals surface area contributed by atoms with E-state index in [1.807, 2.05) is 64.8 Å². The van der Waals surface area contributed by atoms with Crippen molar-refractivity contribution < 1.29 is 4.79 Å². The van der Waals surface area contributed by atoms with Crippen LogP contribution in [0.1, 0.15) is 31.4 Å². The Morgan fingerprint density at radius 3 is 2.59 bits per heavy atom. The number of amides is 1. The van der Waals surface area contributed by atoms with Crippen LogP contribution in [0.2, 0.25) is 0 Å². The Morgan fingerprint density at radius 1 is 0.912 bits per heavy atom. The van der Waals surface area contributed by atoms with Crippen LogP contribution in [-0.4, -0.2) is 51.9 Å². The highest BCUT2D eigenvalue weighted by atomic mass is 16.2. The van der Waals surface area contributed by atoms with Crippen molar-refractivity contribution in [3.05, 3.63) is 66.6 Å². The van der Waals surface area contributed by atoms with Gasteiger partial charge in [0.25, 0.3) is 0 Å². The summed E-state index contributed by atoms with van der Waals surface area (Å²) in [5.41, 5.74) is 5.73. The molecular formula is C26H29N7O. The Balaban J connectivity index is 1.14. The molecule has 2 saturated heterocycles. The summed E-state index contributed by atoms with van der Waals surface area (Å²) in [5.74, 6) is 2.05. The summed E-state index contributed by atoms with van der Waals surface area (Å²) >= 11 is 0. The molecule has 8 nitrogen and oxygen atoms in total. The minimum absolute atomic E-state index is 0.268. The fourth-order valence-electron chi connectivity index (χ4n) is 5.43. The van der Waals surface area contributed by atoms with Gasteiger partial charge in [-0.2, -0.15) is 0 Å². The first-order chi connectivity index (χ1) is 16.7. The van der Waals surface area contributed by atoms with Crippen LogP contribution in [-0.2, 0) is 11.3 Å². The molecule has 2 aromatic heterocycles. The Kier molecular flexibility index (Phi) is 5.37. The second-order valence-electron chi connectivity index (χ2n) is 9.42. The van der Waals surface area contributed by atoms with Gasteiger partial charge in [-0.1, -0.05) is 24.3 Å². The van der Waals surface area contributed by atoms with Gasteiger partial charge in [0.15, 0.2) is 0 Å². The van der Waals surface area contributed by atoms with Crippen molar-refractivity contribution in [3.63, 3.8) is 0 Å². The summed E-state index contributed by atoms with van der Waals surface area (Å²) < 4.78 is 0. The van der Waals surface area contributed by atoms with Gasteiger partial charge in [-0.15, -0.1) is 0 Å². The normalized spacial score (nSPS) is 20.0. The van der Waals surface area contributed by atoms with Crippen LogP contribution in [0.3, 0.4) is 0 Å². The van der Waals surface area contributed by atoms with Crippen molar-refractivity contribution in [1.29, 1.82) is 0 Å². The van der Waals surface area contributed by atoms with E-state index < -0.39 is 0 Å². The second kappa shape index (κ2) is 8.68. The Bertz CT molecular complexity index is 1230. The number of nitrogens with zero attached hydrogens (tertiary/aromatic N) is 6. The van der Waals surface area contributed by atoms with E-state index in [4.69, 9.17) is 9.97 Å². The number of piperidine rings is 2. The number of anilines is 2. The zero-order valence-electron chi connectivity index (χ0n) is 19.2. The van der Waals surface area contributed by atoms with Gasteiger partial charge in [0.05, 0.1) is 34.9 Å². The minimum Gasteiger partial charge on any atom is -0.355 e. The summed E-state index contributed by atoms with van der Waals surface area (Å²) in [6.07, 6.45) is 9.62. The topological polar surface area (TPSA) is 77.5 Å². The van der Waals surface area contributed by atoms with Gasteiger partial charge in [-0.25, -0.2) is 15.4 Å². The predicted octanol–water partition coefficient (Wildman–Crippen LogP) is 3.27. The van der Waals surface area contributed by atoms with Crippen molar-refractivity contribution in [1.82, 2.24) is 25.3 Å². The van der Waals surface area contributed by atoms with Crippen LogP contribution < -0.4 is 15.3 Å². The van der Waals surface area contributed by atoms with Gasteiger partial charge in [0, 0.05) is 32.4 Å². The standard InChI is InChI=1S/C26H29N7O/c34-25-26(11-16-31(17-12-26)24-18-27-21-7-1-2-8-22(21)30-24)10-4-14-32(25)19-20-6-3-9-23(29-20)33-15-5-13-28-33/h1-3,5-9,15,18,28H,4,10-14,16-17,19H2. The van der Waals surface area contributed by atoms with Crippen LogP contribution in [0.5, 0.6) is 0 Å². The quantitative estimate of drug-likeness (QED) is 0.647. The summed E-state index contributed by atoms with van der Waals surface area (Å²) in [7, 11) is 0. The number of hydrogen-bond donors (Lipinski definition) is 1. The summed E-state index contributed by atoms with van der Waals surface area (Å²) in [5, 5.41) is 1.93. The van der Waals surface area contributed by atoms with Gasteiger partial charge < -0.3 is 9.80 Å². The Morgan fingerprint density at radius 2 is 1.76 bits per heavy atom. The highest BCUT2D eigenvalue weighted by molar-refractivity contribution is 5.84. The first-order valence-corrected chi connectivity index (χ1v) is 12.1. The smallest absolute Gasteiger partial charge is 0.229 e. The third-order valence-corrected chi connectivity index (χ3v) is 7.33. The molecule has 1 spiro atoms. The molecule has 1 N–H and O–H groups in total. The van der Waals surface area contributed by atoms with Crippen molar-refractivity contribution in [2.75, 3.05) is 36.1 Å². The molecule has 2 fully saturated rings. The maximum absolute atomic E-state index is 13.7. The molecule has 3 aromatic rings. The van der Waals surface area contributed by atoms with E-state index in [0.717, 1.165) is 80.2 Å². The molecule has 0 bridgehead atoms. The molecule has 6 rings (SSSR count). The number of fused-ring (bicyclic) bond motifs is 1. The van der Waals surface area contributed by atoms with Crippen molar-refractivity contribution in [2.24, 2.45) is 5.41 Å². The number of carbonyl (C=O) groups excluding carboxylic acids is 1. The molecule has 5 heterocycles. The van der Waals surface area contributed by atoms with Crippen LogP contribution in [0, 0.1) is 5.41 Å². The number of aromatic nitrogens is 3. The molecule has 0 saturated carbocycles. The van der Waals surface area contributed by atoms with Gasteiger partial charge in [0.1, 0.15) is 11.6 Å². The zero-order valence-corrected chi connectivity index (χ0v) is 19.2. The molecule has 1 aromatic carbocycles. The van der Waals surface area contributed by atoms with E-state index in [2.05, 4.69) is 21.4 Å². The Labute approximate surface area is 199 Å². The number of hydrogen-bond acceptors (Lipinski definition) is 7. The number of para-hydroxylation sites is 2. The molecule has 8 heteroatoms. The average Bonchev–Trinajstić information content (AvgIpc) is 3.43.